The average molecular weight is 220 g/mol. The predicted octanol–water partition coefficient (Wildman–Crippen LogP) is 2.35. The van der Waals surface area contributed by atoms with Gasteiger partial charge in [-0.15, -0.1) is 0 Å². The van der Waals surface area contributed by atoms with Crippen molar-refractivity contribution in [2.24, 2.45) is 0 Å². The molecule has 5 nitrogen and oxygen atoms in total. The summed E-state index contributed by atoms with van der Waals surface area (Å²) >= 11 is 0. The van der Waals surface area contributed by atoms with Gasteiger partial charge in [-0.3, -0.25) is 0 Å². The Morgan fingerprint density at radius 1 is 1.50 bits per heavy atom. The fraction of sp³-hybridized carbons (Fsp3) is 0.364. The van der Waals surface area contributed by atoms with Gasteiger partial charge in [-0.05, 0) is 18.9 Å². The summed E-state index contributed by atoms with van der Waals surface area (Å²) in [4.78, 5) is 15.3. The van der Waals surface area contributed by atoms with Crippen LogP contribution in [0.2, 0.25) is 0 Å². The van der Waals surface area contributed by atoms with Gasteiger partial charge >= 0.3 is 5.97 Å². The van der Waals surface area contributed by atoms with E-state index < -0.39 is 5.97 Å². The minimum atomic E-state index is -0.986. The number of carboxylic acid groups (broad SMARTS) is 1. The molecule has 5 heteroatoms. The van der Waals surface area contributed by atoms with Crippen molar-refractivity contribution in [3.63, 3.8) is 0 Å². The molecule has 0 radical (unpaired) electrons. The number of aromatic nitrogens is 2. The molecule has 2 rings (SSSR count). The van der Waals surface area contributed by atoms with Crippen molar-refractivity contribution in [1.29, 1.82) is 0 Å². The van der Waals surface area contributed by atoms with Gasteiger partial charge in [0, 0.05) is 5.69 Å². The van der Waals surface area contributed by atoms with Gasteiger partial charge in [0.25, 0.3) is 5.71 Å². The van der Waals surface area contributed by atoms with Crippen LogP contribution < -0.4 is 0 Å². The summed E-state index contributed by atoms with van der Waals surface area (Å²) in [6, 6.07) is 1.54. The third kappa shape index (κ3) is 1.54. The van der Waals surface area contributed by atoms with Crippen LogP contribution in [0.3, 0.4) is 0 Å². The predicted molar refractivity (Wildman–Crippen MR) is 57.6 cm³/mol. The number of pyridine rings is 1. The molecule has 2 heterocycles. The lowest BCUT2D eigenvalue weighted by Gasteiger charge is -2.02. The number of carbonyl (C=O) groups is 1. The molecule has 0 amide bonds. The number of nitrogens with zero attached hydrogens (tertiary/aromatic N) is 2. The van der Waals surface area contributed by atoms with Crippen molar-refractivity contribution in [3.05, 3.63) is 23.0 Å². The number of aryl methyl sites for hydroxylation is 1. The molecule has 0 saturated heterocycles. The molecule has 0 spiro atoms. The van der Waals surface area contributed by atoms with Crippen LogP contribution in [0.4, 0.5) is 0 Å². The van der Waals surface area contributed by atoms with Crippen molar-refractivity contribution in [1.82, 2.24) is 10.1 Å². The monoisotopic (exact) mass is 220 g/mol. The maximum absolute atomic E-state index is 11.1. The largest absolute Gasteiger partial charge is 0.478 e. The van der Waals surface area contributed by atoms with Crippen molar-refractivity contribution < 1.29 is 14.4 Å². The minimum absolute atomic E-state index is 0.101. The maximum Gasteiger partial charge on any atom is 0.336 e. The van der Waals surface area contributed by atoms with E-state index >= 15 is 0 Å². The Hall–Kier alpha value is -1.91. The van der Waals surface area contributed by atoms with E-state index in [1.165, 1.54) is 6.07 Å². The first kappa shape index (κ1) is 10.6. The van der Waals surface area contributed by atoms with Gasteiger partial charge in [0.2, 0.25) is 0 Å². The van der Waals surface area contributed by atoms with Crippen molar-refractivity contribution >= 4 is 17.1 Å². The fourth-order valence-electron chi connectivity index (χ4n) is 1.66. The SMILES string of the molecule is Cc1cc(C(=O)O)c2c(C(C)C)noc2n1. The van der Waals surface area contributed by atoms with Crippen LogP contribution in [0, 0.1) is 6.92 Å². The Bertz CT molecular complexity index is 558. The van der Waals surface area contributed by atoms with E-state index in [4.69, 9.17) is 9.63 Å². The number of hydrogen-bond acceptors (Lipinski definition) is 4. The molecule has 0 unspecified atom stereocenters. The highest BCUT2D eigenvalue weighted by Gasteiger charge is 2.20. The Morgan fingerprint density at radius 3 is 2.75 bits per heavy atom. The molecule has 0 saturated carbocycles. The van der Waals surface area contributed by atoms with Gasteiger partial charge in [0.1, 0.15) is 0 Å². The van der Waals surface area contributed by atoms with Crippen LogP contribution in [0.25, 0.3) is 11.1 Å². The topological polar surface area (TPSA) is 76.2 Å². The van der Waals surface area contributed by atoms with Crippen molar-refractivity contribution in [3.8, 4) is 0 Å². The first-order valence-corrected chi connectivity index (χ1v) is 5.01. The van der Waals surface area contributed by atoms with Crippen LogP contribution in [-0.4, -0.2) is 21.2 Å². The van der Waals surface area contributed by atoms with E-state index in [1.54, 1.807) is 6.92 Å². The number of carboxylic acids is 1. The first-order chi connectivity index (χ1) is 7.50. The standard InChI is InChI=1S/C11H12N2O3/c1-5(2)9-8-7(11(14)15)4-6(3)12-10(8)16-13-9/h4-5H,1-3H3,(H,14,15). The number of fused-ring (bicyclic) bond motifs is 1. The molecular weight excluding hydrogens is 208 g/mol. The van der Waals surface area contributed by atoms with Crippen LogP contribution in [0.15, 0.2) is 10.6 Å². The van der Waals surface area contributed by atoms with E-state index in [0.29, 0.717) is 22.5 Å². The van der Waals surface area contributed by atoms with Crippen LogP contribution in [0.5, 0.6) is 0 Å². The highest BCUT2D eigenvalue weighted by atomic mass is 16.5. The number of hydrogen-bond donors (Lipinski definition) is 1. The first-order valence-electron chi connectivity index (χ1n) is 5.01. The van der Waals surface area contributed by atoms with Crippen LogP contribution >= 0.6 is 0 Å². The highest BCUT2D eigenvalue weighted by Crippen LogP contribution is 2.27. The molecule has 0 bridgehead atoms. The van der Waals surface area contributed by atoms with Gasteiger partial charge in [0.05, 0.1) is 16.6 Å². The summed E-state index contributed by atoms with van der Waals surface area (Å²) in [5.74, 6) is -0.885. The van der Waals surface area contributed by atoms with Gasteiger partial charge in [-0.1, -0.05) is 19.0 Å². The quantitative estimate of drug-likeness (QED) is 0.840. The molecule has 0 aliphatic heterocycles. The molecule has 2 aromatic heterocycles. The summed E-state index contributed by atoms with van der Waals surface area (Å²) < 4.78 is 5.06. The van der Waals surface area contributed by atoms with Gasteiger partial charge in [-0.2, -0.15) is 0 Å². The third-order valence-electron chi connectivity index (χ3n) is 2.38. The zero-order chi connectivity index (χ0) is 11.9. The minimum Gasteiger partial charge on any atom is -0.478 e. The molecular formula is C11H12N2O3. The van der Waals surface area contributed by atoms with E-state index in [2.05, 4.69) is 10.1 Å². The van der Waals surface area contributed by atoms with Gasteiger partial charge in [0.15, 0.2) is 0 Å². The summed E-state index contributed by atoms with van der Waals surface area (Å²) in [6.45, 7) is 5.59. The smallest absolute Gasteiger partial charge is 0.336 e. The average Bonchev–Trinajstić information content (AvgIpc) is 2.59. The summed E-state index contributed by atoms with van der Waals surface area (Å²) in [6.07, 6.45) is 0. The van der Waals surface area contributed by atoms with Crippen molar-refractivity contribution in [2.45, 2.75) is 26.7 Å². The second-order valence-corrected chi connectivity index (χ2v) is 4.02. The molecule has 0 fully saturated rings. The van der Waals surface area contributed by atoms with E-state index in [9.17, 15) is 4.79 Å². The fourth-order valence-corrected chi connectivity index (χ4v) is 1.66. The lowest BCUT2D eigenvalue weighted by Crippen LogP contribution is -2.01. The maximum atomic E-state index is 11.1. The van der Waals surface area contributed by atoms with E-state index in [0.717, 1.165) is 0 Å². The molecule has 2 aromatic rings. The Balaban J connectivity index is 2.84. The molecule has 84 valence electrons. The molecule has 16 heavy (non-hydrogen) atoms. The Kier molecular flexibility index (Phi) is 2.38. The number of aromatic carboxylic acids is 1. The molecule has 0 atom stereocenters. The van der Waals surface area contributed by atoms with E-state index in [1.807, 2.05) is 13.8 Å². The summed E-state index contributed by atoms with van der Waals surface area (Å²) in [7, 11) is 0. The second kappa shape index (κ2) is 3.59. The summed E-state index contributed by atoms with van der Waals surface area (Å²) in [5, 5.41) is 13.5. The molecule has 0 aromatic carbocycles. The van der Waals surface area contributed by atoms with Crippen LogP contribution in [0.1, 0.15) is 41.5 Å². The molecule has 0 aliphatic rings. The molecule has 0 aliphatic carbocycles. The van der Waals surface area contributed by atoms with Crippen molar-refractivity contribution in [2.75, 3.05) is 0 Å². The second-order valence-electron chi connectivity index (χ2n) is 4.02. The normalized spacial score (nSPS) is 11.2. The Morgan fingerprint density at radius 2 is 2.19 bits per heavy atom. The summed E-state index contributed by atoms with van der Waals surface area (Å²) in [5.41, 5.74) is 1.74. The lowest BCUT2D eigenvalue weighted by molar-refractivity contribution is 0.0698. The van der Waals surface area contributed by atoms with Gasteiger partial charge in [-0.25, -0.2) is 9.78 Å². The number of rotatable bonds is 2. The zero-order valence-corrected chi connectivity index (χ0v) is 9.31. The molecule has 1 N–H and O–H groups in total. The highest BCUT2D eigenvalue weighted by molar-refractivity contribution is 6.02. The van der Waals surface area contributed by atoms with E-state index in [-0.39, 0.29) is 11.5 Å². The van der Waals surface area contributed by atoms with Crippen LogP contribution in [-0.2, 0) is 0 Å². The Labute approximate surface area is 92.1 Å². The third-order valence-corrected chi connectivity index (χ3v) is 2.38. The zero-order valence-electron chi connectivity index (χ0n) is 9.31. The van der Waals surface area contributed by atoms with Gasteiger partial charge < -0.3 is 9.63 Å². The lowest BCUT2D eigenvalue weighted by atomic mass is 10.0.